The van der Waals surface area contributed by atoms with Gasteiger partial charge < -0.3 is 19.7 Å². The zero-order chi connectivity index (χ0) is 14.7. The predicted molar refractivity (Wildman–Crippen MR) is 70.0 cm³/mol. The number of aliphatic carboxylic acids is 1. The van der Waals surface area contributed by atoms with E-state index in [2.05, 4.69) is 5.32 Å². The molecule has 6 nitrogen and oxygen atoms in total. The number of carbonyl (C=O) groups is 2. The maximum Gasteiger partial charge on any atom is 0.326 e. The van der Waals surface area contributed by atoms with Crippen molar-refractivity contribution in [1.82, 2.24) is 10.2 Å². The summed E-state index contributed by atoms with van der Waals surface area (Å²) < 4.78 is 5.40. The van der Waals surface area contributed by atoms with Gasteiger partial charge in [-0.25, -0.2) is 9.59 Å². The molecule has 6 heteroatoms. The van der Waals surface area contributed by atoms with E-state index in [9.17, 15) is 9.59 Å². The number of likely N-dealkylation sites (N-methyl/N-ethyl adjacent to an activating group) is 1. The molecule has 1 heterocycles. The van der Waals surface area contributed by atoms with E-state index in [1.54, 1.807) is 0 Å². The zero-order valence-electron chi connectivity index (χ0n) is 11.9. The van der Waals surface area contributed by atoms with Crippen molar-refractivity contribution in [2.24, 2.45) is 0 Å². The number of carbonyl (C=O) groups excluding carboxylic acids is 1. The Morgan fingerprint density at radius 1 is 1.37 bits per heavy atom. The Kier molecular flexibility index (Phi) is 4.58. The summed E-state index contributed by atoms with van der Waals surface area (Å²) in [5, 5.41) is 11.6. The first-order valence-electron chi connectivity index (χ1n) is 6.07. The molecule has 0 aromatic carbocycles. The van der Waals surface area contributed by atoms with Crippen LogP contribution in [0.1, 0.15) is 37.0 Å². The van der Waals surface area contributed by atoms with Crippen molar-refractivity contribution >= 4 is 12.0 Å². The second-order valence-electron chi connectivity index (χ2n) is 4.66. The highest BCUT2D eigenvalue weighted by Crippen LogP contribution is 2.21. The van der Waals surface area contributed by atoms with Crippen LogP contribution in [0.25, 0.3) is 0 Å². The predicted octanol–water partition coefficient (Wildman–Crippen LogP) is 2.07. The molecule has 106 valence electrons. The van der Waals surface area contributed by atoms with E-state index in [0.717, 1.165) is 22.0 Å². The summed E-state index contributed by atoms with van der Waals surface area (Å²) in [6.07, 6.45) is 0. The summed E-state index contributed by atoms with van der Waals surface area (Å²) in [5.74, 6) is 0.487. The number of nitrogens with one attached hydrogen (secondary N) is 1. The smallest absolute Gasteiger partial charge is 0.326 e. The third-order valence-corrected chi connectivity index (χ3v) is 3.14. The van der Waals surface area contributed by atoms with Gasteiger partial charge in [-0.3, -0.25) is 0 Å². The van der Waals surface area contributed by atoms with Crippen molar-refractivity contribution < 1.29 is 19.1 Å². The van der Waals surface area contributed by atoms with Gasteiger partial charge in [0.1, 0.15) is 17.6 Å². The SMILES string of the molecule is Cc1cc(C(C)NC(=O)N(C)C(C)C(=O)O)c(C)o1. The third-order valence-electron chi connectivity index (χ3n) is 3.14. The van der Waals surface area contributed by atoms with Crippen LogP contribution in [0.5, 0.6) is 0 Å². The fourth-order valence-corrected chi connectivity index (χ4v) is 1.79. The summed E-state index contributed by atoms with van der Waals surface area (Å²) in [4.78, 5) is 23.9. The Balaban J connectivity index is 2.72. The molecule has 2 N–H and O–H groups in total. The van der Waals surface area contributed by atoms with E-state index in [4.69, 9.17) is 9.52 Å². The van der Waals surface area contributed by atoms with Crippen LogP contribution < -0.4 is 5.32 Å². The standard InChI is InChI=1S/C13H20N2O4/c1-7-6-11(10(4)19-7)8(2)14-13(18)15(5)9(3)12(16)17/h6,8-9H,1-5H3,(H,14,18)(H,16,17). The number of carboxylic acid groups (broad SMARTS) is 1. The van der Waals surface area contributed by atoms with Crippen LogP contribution in [0.4, 0.5) is 4.79 Å². The molecule has 19 heavy (non-hydrogen) atoms. The Labute approximate surface area is 112 Å². The molecule has 0 fully saturated rings. The van der Waals surface area contributed by atoms with E-state index in [1.165, 1.54) is 14.0 Å². The van der Waals surface area contributed by atoms with Gasteiger partial charge in [0.15, 0.2) is 0 Å². The van der Waals surface area contributed by atoms with Crippen molar-refractivity contribution in [3.05, 3.63) is 23.2 Å². The average molecular weight is 268 g/mol. The van der Waals surface area contributed by atoms with Crippen molar-refractivity contribution in [2.75, 3.05) is 7.05 Å². The number of rotatable bonds is 4. The van der Waals surface area contributed by atoms with Crippen molar-refractivity contribution in [2.45, 2.75) is 39.8 Å². The Morgan fingerprint density at radius 3 is 2.37 bits per heavy atom. The number of nitrogens with zero attached hydrogens (tertiary/aromatic N) is 1. The molecule has 0 radical (unpaired) electrons. The van der Waals surface area contributed by atoms with Gasteiger partial charge in [0.25, 0.3) is 0 Å². The minimum absolute atomic E-state index is 0.242. The fraction of sp³-hybridized carbons (Fsp3) is 0.538. The first-order valence-corrected chi connectivity index (χ1v) is 6.07. The van der Waals surface area contributed by atoms with Gasteiger partial charge in [0.05, 0.1) is 6.04 Å². The van der Waals surface area contributed by atoms with Gasteiger partial charge in [-0.15, -0.1) is 0 Å². The largest absolute Gasteiger partial charge is 0.480 e. The molecule has 0 spiro atoms. The molecule has 0 bridgehead atoms. The molecule has 0 saturated carbocycles. The normalized spacial score (nSPS) is 13.7. The van der Waals surface area contributed by atoms with E-state index in [0.29, 0.717) is 0 Å². The van der Waals surface area contributed by atoms with E-state index >= 15 is 0 Å². The highest BCUT2D eigenvalue weighted by Gasteiger charge is 2.23. The number of hydrogen-bond acceptors (Lipinski definition) is 3. The van der Waals surface area contributed by atoms with Crippen LogP contribution in [-0.4, -0.2) is 35.1 Å². The molecule has 0 aliphatic heterocycles. The lowest BCUT2D eigenvalue weighted by molar-refractivity contribution is -0.141. The van der Waals surface area contributed by atoms with E-state index in [-0.39, 0.29) is 6.04 Å². The lowest BCUT2D eigenvalue weighted by atomic mass is 10.1. The molecule has 2 unspecified atom stereocenters. The number of furan rings is 1. The summed E-state index contributed by atoms with van der Waals surface area (Å²) in [5.41, 5.74) is 0.891. The van der Waals surface area contributed by atoms with Gasteiger partial charge in [-0.2, -0.15) is 0 Å². The maximum absolute atomic E-state index is 11.9. The zero-order valence-corrected chi connectivity index (χ0v) is 11.9. The summed E-state index contributed by atoms with van der Waals surface area (Å²) >= 11 is 0. The second-order valence-corrected chi connectivity index (χ2v) is 4.66. The number of hydrogen-bond donors (Lipinski definition) is 2. The van der Waals surface area contributed by atoms with Gasteiger partial charge in [0.2, 0.25) is 0 Å². The molecular formula is C13H20N2O4. The van der Waals surface area contributed by atoms with Gasteiger partial charge >= 0.3 is 12.0 Å². The van der Waals surface area contributed by atoms with Gasteiger partial charge in [0, 0.05) is 12.6 Å². The number of urea groups is 1. The maximum atomic E-state index is 11.9. The fourth-order valence-electron chi connectivity index (χ4n) is 1.79. The Hall–Kier alpha value is -1.98. The number of aryl methyl sites for hydroxylation is 2. The lowest BCUT2D eigenvalue weighted by Gasteiger charge is -2.24. The molecule has 0 saturated heterocycles. The molecule has 1 aromatic heterocycles. The second kappa shape index (κ2) is 5.77. The van der Waals surface area contributed by atoms with E-state index < -0.39 is 18.0 Å². The first-order chi connectivity index (χ1) is 8.73. The Morgan fingerprint density at radius 2 is 1.95 bits per heavy atom. The molecule has 2 atom stereocenters. The van der Waals surface area contributed by atoms with Crippen molar-refractivity contribution in [3.8, 4) is 0 Å². The summed E-state index contributed by atoms with van der Waals surface area (Å²) in [6.45, 7) is 6.95. The van der Waals surface area contributed by atoms with Crippen molar-refractivity contribution in [3.63, 3.8) is 0 Å². The third kappa shape index (κ3) is 3.49. The molecule has 1 aromatic rings. The minimum atomic E-state index is -1.04. The summed E-state index contributed by atoms with van der Waals surface area (Å²) in [7, 11) is 1.45. The summed E-state index contributed by atoms with van der Waals surface area (Å²) in [6, 6.07) is 0.314. The molecule has 0 aliphatic carbocycles. The topological polar surface area (TPSA) is 82.8 Å². The minimum Gasteiger partial charge on any atom is -0.480 e. The highest BCUT2D eigenvalue weighted by atomic mass is 16.4. The average Bonchev–Trinajstić information content (AvgIpc) is 2.66. The van der Waals surface area contributed by atoms with Crippen molar-refractivity contribution in [1.29, 1.82) is 0 Å². The monoisotopic (exact) mass is 268 g/mol. The molecular weight excluding hydrogens is 248 g/mol. The van der Waals surface area contributed by atoms with Crippen LogP contribution in [0.3, 0.4) is 0 Å². The quantitative estimate of drug-likeness (QED) is 0.875. The van der Waals surface area contributed by atoms with Crippen LogP contribution in [0.15, 0.2) is 10.5 Å². The lowest BCUT2D eigenvalue weighted by Crippen LogP contribution is -2.46. The Bertz CT molecular complexity index is 481. The molecule has 1 rings (SSSR count). The number of amides is 2. The van der Waals surface area contributed by atoms with Crippen LogP contribution in [-0.2, 0) is 4.79 Å². The van der Waals surface area contributed by atoms with Crippen LogP contribution in [0, 0.1) is 13.8 Å². The number of carboxylic acids is 1. The molecule has 0 aliphatic rings. The van der Waals surface area contributed by atoms with E-state index in [1.807, 2.05) is 26.8 Å². The van der Waals surface area contributed by atoms with Gasteiger partial charge in [-0.05, 0) is 33.8 Å². The van der Waals surface area contributed by atoms with Crippen LogP contribution in [0.2, 0.25) is 0 Å². The first kappa shape index (κ1) is 15.1. The highest BCUT2D eigenvalue weighted by molar-refractivity contribution is 5.82. The van der Waals surface area contributed by atoms with Gasteiger partial charge in [-0.1, -0.05) is 0 Å². The molecule has 2 amide bonds. The van der Waals surface area contributed by atoms with Crippen LogP contribution >= 0.6 is 0 Å².